The highest BCUT2D eigenvalue weighted by Gasteiger charge is 2.21. The van der Waals surface area contributed by atoms with E-state index in [4.69, 9.17) is 16.3 Å². The average molecular weight is 348 g/mol. The fourth-order valence-electron chi connectivity index (χ4n) is 3.13. The molecule has 1 saturated heterocycles. The number of aliphatic imine (C=N–C) groups is 1. The van der Waals surface area contributed by atoms with Crippen LogP contribution in [0.5, 0.6) is 5.75 Å². The fraction of sp³-hybridized carbons (Fsp3) is 0.526. The minimum Gasteiger partial charge on any atom is -0.492 e. The number of benzene rings is 1. The maximum Gasteiger partial charge on any atom is 0.137 e. The van der Waals surface area contributed by atoms with Gasteiger partial charge in [0.15, 0.2) is 0 Å². The molecule has 1 fully saturated rings. The highest BCUT2D eigenvalue weighted by Crippen LogP contribution is 2.25. The molecule has 0 aliphatic carbocycles. The van der Waals surface area contributed by atoms with Crippen LogP contribution in [0.3, 0.4) is 0 Å². The van der Waals surface area contributed by atoms with Gasteiger partial charge in [-0.15, -0.1) is 0 Å². The predicted octanol–water partition coefficient (Wildman–Crippen LogP) is 3.74. The molecule has 4 nitrogen and oxygen atoms in total. The van der Waals surface area contributed by atoms with Gasteiger partial charge in [-0.1, -0.05) is 23.7 Å². The van der Waals surface area contributed by atoms with E-state index in [0.717, 1.165) is 56.9 Å². The van der Waals surface area contributed by atoms with Gasteiger partial charge >= 0.3 is 0 Å². The zero-order valence-electron chi connectivity index (χ0n) is 14.4. The first kappa shape index (κ1) is 17.3. The predicted molar refractivity (Wildman–Crippen MR) is 100 cm³/mol. The van der Waals surface area contributed by atoms with E-state index >= 15 is 0 Å². The largest absolute Gasteiger partial charge is 0.492 e. The Morgan fingerprint density at radius 1 is 1.25 bits per heavy atom. The molecule has 0 N–H and O–H groups in total. The van der Waals surface area contributed by atoms with Crippen molar-refractivity contribution in [2.45, 2.75) is 26.2 Å². The molecule has 2 aliphatic rings. The number of hydrogen-bond donors (Lipinski definition) is 0. The summed E-state index contributed by atoms with van der Waals surface area (Å²) in [7, 11) is 0. The van der Waals surface area contributed by atoms with Crippen molar-refractivity contribution in [1.82, 2.24) is 9.80 Å². The highest BCUT2D eigenvalue weighted by atomic mass is 35.5. The topological polar surface area (TPSA) is 28.1 Å². The van der Waals surface area contributed by atoms with Gasteiger partial charge in [0.05, 0.1) is 18.2 Å². The Kier molecular flexibility index (Phi) is 6.16. The Balaban J connectivity index is 1.44. The number of aryl methyl sites for hydroxylation is 1. The Bertz CT molecular complexity index is 615. The minimum absolute atomic E-state index is 0.690. The molecule has 0 spiro atoms. The summed E-state index contributed by atoms with van der Waals surface area (Å²) in [6.45, 7) is 8.01. The number of piperazine rings is 1. The van der Waals surface area contributed by atoms with Crippen molar-refractivity contribution in [2.24, 2.45) is 4.99 Å². The first-order chi connectivity index (χ1) is 11.7. The highest BCUT2D eigenvalue weighted by molar-refractivity contribution is 6.32. The summed E-state index contributed by atoms with van der Waals surface area (Å²) in [5.74, 6) is 1.99. The van der Waals surface area contributed by atoms with Crippen LogP contribution in [-0.4, -0.2) is 55.0 Å². The summed E-state index contributed by atoms with van der Waals surface area (Å²) in [6.07, 6.45) is 7.49. The number of allylic oxidation sites excluding steroid dienone is 1. The third-order valence-electron chi connectivity index (χ3n) is 4.51. The Morgan fingerprint density at radius 2 is 2.17 bits per heavy atom. The van der Waals surface area contributed by atoms with Crippen molar-refractivity contribution in [2.75, 3.05) is 39.3 Å². The normalized spacial score (nSPS) is 19.9. The molecule has 0 amide bonds. The van der Waals surface area contributed by atoms with Crippen LogP contribution in [0.1, 0.15) is 24.8 Å². The lowest BCUT2D eigenvalue weighted by atomic mass is 10.2. The number of hydrogen-bond acceptors (Lipinski definition) is 4. The third kappa shape index (κ3) is 4.74. The number of rotatable bonds is 5. The maximum absolute atomic E-state index is 6.20. The summed E-state index contributed by atoms with van der Waals surface area (Å²) in [5, 5.41) is 0.694. The van der Waals surface area contributed by atoms with Gasteiger partial charge in [0.25, 0.3) is 0 Å². The number of amidine groups is 1. The third-order valence-corrected chi connectivity index (χ3v) is 4.80. The number of fused-ring (bicyclic) bond motifs is 1. The fourth-order valence-corrected chi connectivity index (χ4v) is 3.42. The quantitative estimate of drug-likeness (QED) is 0.759. The van der Waals surface area contributed by atoms with Crippen molar-refractivity contribution < 1.29 is 4.74 Å². The molecule has 2 heterocycles. The van der Waals surface area contributed by atoms with E-state index < -0.39 is 0 Å². The molecule has 1 aromatic carbocycles. The first-order valence-corrected chi connectivity index (χ1v) is 9.18. The molecule has 0 aromatic heterocycles. The van der Waals surface area contributed by atoms with Crippen LogP contribution < -0.4 is 4.74 Å². The van der Waals surface area contributed by atoms with E-state index in [-0.39, 0.29) is 0 Å². The van der Waals surface area contributed by atoms with E-state index in [0.29, 0.717) is 11.6 Å². The summed E-state index contributed by atoms with van der Waals surface area (Å²) in [5.41, 5.74) is 1.15. The number of nitrogens with zero attached hydrogens (tertiary/aromatic N) is 3. The average Bonchev–Trinajstić information content (AvgIpc) is 2.54. The van der Waals surface area contributed by atoms with Crippen molar-refractivity contribution >= 4 is 17.4 Å². The molecule has 5 heteroatoms. The van der Waals surface area contributed by atoms with Crippen molar-refractivity contribution in [3.8, 4) is 5.75 Å². The van der Waals surface area contributed by atoms with Crippen LogP contribution in [0.15, 0.2) is 35.5 Å². The molecule has 0 atom stereocenters. The summed E-state index contributed by atoms with van der Waals surface area (Å²) >= 11 is 6.20. The molecule has 0 bridgehead atoms. The SMILES string of the molecule is Cc1ccc(OCCCN2CCN3CCC/C=C/N=C3C2)c(Cl)c1. The summed E-state index contributed by atoms with van der Waals surface area (Å²) < 4.78 is 5.82. The van der Waals surface area contributed by atoms with Crippen LogP contribution in [0.4, 0.5) is 0 Å². The smallest absolute Gasteiger partial charge is 0.137 e. The standard InChI is InChI=1S/C19H26ClN3O/c1-16-6-7-18(17(20)14-16)24-13-5-9-22-11-12-23-10-4-2-3-8-21-19(23)15-22/h3,6-8,14H,2,4-5,9-13,15H2,1H3/b8-3+,21-19?. The van der Waals surface area contributed by atoms with Gasteiger partial charge in [0.2, 0.25) is 0 Å². The maximum atomic E-state index is 6.20. The molecule has 0 radical (unpaired) electrons. The molecule has 0 saturated carbocycles. The van der Waals surface area contributed by atoms with Crippen LogP contribution in [0, 0.1) is 6.92 Å². The zero-order valence-corrected chi connectivity index (χ0v) is 15.1. The van der Waals surface area contributed by atoms with Gasteiger partial charge in [-0.05, 0) is 43.9 Å². The monoisotopic (exact) mass is 347 g/mol. The molecule has 0 unspecified atom stereocenters. The van der Waals surface area contributed by atoms with E-state index in [1.165, 1.54) is 12.3 Å². The lowest BCUT2D eigenvalue weighted by Gasteiger charge is -2.37. The van der Waals surface area contributed by atoms with Crippen LogP contribution in [0.2, 0.25) is 5.02 Å². The van der Waals surface area contributed by atoms with Crippen molar-refractivity contribution in [1.29, 1.82) is 0 Å². The van der Waals surface area contributed by atoms with Crippen LogP contribution >= 0.6 is 11.6 Å². The molecule has 130 valence electrons. The second kappa shape index (κ2) is 8.54. The van der Waals surface area contributed by atoms with Crippen LogP contribution in [-0.2, 0) is 0 Å². The summed E-state index contributed by atoms with van der Waals surface area (Å²) in [4.78, 5) is 9.52. The van der Waals surface area contributed by atoms with E-state index in [1.54, 1.807) is 0 Å². The Hall–Kier alpha value is -1.52. The lowest BCUT2D eigenvalue weighted by molar-refractivity contribution is 0.207. The van der Waals surface area contributed by atoms with E-state index in [9.17, 15) is 0 Å². The van der Waals surface area contributed by atoms with E-state index in [1.807, 2.05) is 31.3 Å². The lowest BCUT2D eigenvalue weighted by Crippen LogP contribution is -2.51. The molecule has 3 rings (SSSR count). The second-order valence-electron chi connectivity index (χ2n) is 6.47. The summed E-state index contributed by atoms with van der Waals surface area (Å²) in [6, 6.07) is 5.92. The molecule has 2 aliphatic heterocycles. The number of halogens is 1. The Morgan fingerprint density at radius 3 is 3.04 bits per heavy atom. The minimum atomic E-state index is 0.690. The van der Waals surface area contributed by atoms with E-state index in [2.05, 4.69) is 20.9 Å². The van der Waals surface area contributed by atoms with Crippen molar-refractivity contribution in [3.63, 3.8) is 0 Å². The number of ether oxygens (including phenoxy) is 1. The molecular weight excluding hydrogens is 322 g/mol. The van der Waals surface area contributed by atoms with Crippen LogP contribution in [0.25, 0.3) is 0 Å². The van der Waals surface area contributed by atoms with Crippen molar-refractivity contribution in [3.05, 3.63) is 41.1 Å². The van der Waals surface area contributed by atoms with Gasteiger partial charge in [-0.3, -0.25) is 4.90 Å². The van der Waals surface area contributed by atoms with Gasteiger partial charge in [-0.25, -0.2) is 4.99 Å². The molecular formula is C19H26ClN3O. The molecule has 24 heavy (non-hydrogen) atoms. The van der Waals surface area contributed by atoms with Gasteiger partial charge in [0.1, 0.15) is 11.6 Å². The van der Waals surface area contributed by atoms with Gasteiger partial charge in [-0.2, -0.15) is 0 Å². The second-order valence-corrected chi connectivity index (χ2v) is 6.88. The van der Waals surface area contributed by atoms with Gasteiger partial charge < -0.3 is 9.64 Å². The van der Waals surface area contributed by atoms with Gasteiger partial charge in [0, 0.05) is 32.4 Å². The molecule has 1 aromatic rings. The zero-order chi connectivity index (χ0) is 16.8. The first-order valence-electron chi connectivity index (χ1n) is 8.80. The Labute approximate surface area is 149 Å².